The highest BCUT2D eigenvalue weighted by Crippen LogP contribution is 2.27. The number of piperidine rings is 1. The molecule has 1 atom stereocenters. The molecule has 3 aromatic heterocycles. The fourth-order valence-corrected chi connectivity index (χ4v) is 3.24. The van der Waals surface area contributed by atoms with Crippen LogP contribution in [0.3, 0.4) is 0 Å². The molecular formula is C16H20N8. The molecule has 0 unspecified atom stereocenters. The number of rotatable bonds is 4. The van der Waals surface area contributed by atoms with Crippen LogP contribution in [0.1, 0.15) is 30.4 Å². The summed E-state index contributed by atoms with van der Waals surface area (Å²) >= 11 is 0. The Bertz CT molecular complexity index is 780. The van der Waals surface area contributed by atoms with E-state index in [1.54, 1.807) is 24.9 Å². The number of anilines is 1. The monoisotopic (exact) mass is 324 g/mol. The maximum absolute atomic E-state index is 4.46. The van der Waals surface area contributed by atoms with Crippen molar-refractivity contribution >= 4 is 5.95 Å². The second kappa shape index (κ2) is 6.38. The van der Waals surface area contributed by atoms with E-state index in [-0.39, 0.29) is 0 Å². The van der Waals surface area contributed by atoms with E-state index < -0.39 is 0 Å². The van der Waals surface area contributed by atoms with Crippen molar-refractivity contribution in [2.45, 2.75) is 25.3 Å². The van der Waals surface area contributed by atoms with Gasteiger partial charge in [0, 0.05) is 50.8 Å². The Kier molecular flexibility index (Phi) is 3.94. The number of imidazole rings is 1. The summed E-state index contributed by atoms with van der Waals surface area (Å²) in [7, 11) is 2.04. The summed E-state index contributed by atoms with van der Waals surface area (Å²) in [6.07, 6.45) is 11.3. The second-order valence-electron chi connectivity index (χ2n) is 6.10. The molecule has 124 valence electrons. The molecule has 1 aliphatic heterocycles. The average molecular weight is 324 g/mol. The molecule has 24 heavy (non-hydrogen) atoms. The highest BCUT2D eigenvalue weighted by molar-refractivity contribution is 5.30. The van der Waals surface area contributed by atoms with E-state index in [0.717, 1.165) is 43.5 Å². The first-order valence-electron chi connectivity index (χ1n) is 8.17. The van der Waals surface area contributed by atoms with Crippen LogP contribution in [0.4, 0.5) is 5.95 Å². The summed E-state index contributed by atoms with van der Waals surface area (Å²) in [5.74, 6) is 3.11. The molecule has 0 bridgehead atoms. The molecule has 0 spiro atoms. The molecule has 8 nitrogen and oxygen atoms in total. The van der Waals surface area contributed by atoms with E-state index >= 15 is 0 Å². The van der Waals surface area contributed by atoms with Crippen LogP contribution in [0.5, 0.6) is 0 Å². The maximum Gasteiger partial charge on any atom is 0.225 e. The van der Waals surface area contributed by atoms with Gasteiger partial charge in [-0.3, -0.25) is 0 Å². The van der Waals surface area contributed by atoms with Crippen molar-refractivity contribution in [1.29, 1.82) is 0 Å². The Labute approximate surface area is 140 Å². The summed E-state index contributed by atoms with van der Waals surface area (Å²) in [5, 5.41) is 8.84. The summed E-state index contributed by atoms with van der Waals surface area (Å²) < 4.78 is 4.11. The van der Waals surface area contributed by atoms with Gasteiger partial charge in [-0.25, -0.2) is 15.0 Å². The highest BCUT2D eigenvalue weighted by Gasteiger charge is 2.27. The SMILES string of the molecule is Cn1c(Cn2ccnc2)nnc1[C@H]1CCCN(c2ncccn2)C1. The highest BCUT2D eigenvalue weighted by atomic mass is 15.3. The van der Waals surface area contributed by atoms with E-state index in [4.69, 9.17) is 0 Å². The molecule has 8 heteroatoms. The maximum atomic E-state index is 4.46. The minimum absolute atomic E-state index is 0.344. The molecule has 4 heterocycles. The first-order valence-corrected chi connectivity index (χ1v) is 8.17. The fourth-order valence-electron chi connectivity index (χ4n) is 3.24. The van der Waals surface area contributed by atoms with Gasteiger partial charge >= 0.3 is 0 Å². The van der Waals surface area contributed by atoms with E-state index in [1.165, 1.54) is 0 Å². The normalized spacial score (nSPS) is 18.0. The number of nitrogens with zero attached hydrogens (tertiary/aromatic N) is 8. The number of hydrogen-bond donors (Lipinski definition) is 0. The van der Waals surface area contributed by atoms with Crippen molar-refractivity contribution in [3.05, 3.63) is 48.8 Å². The Morgan fingerprint density at radius 1 is 1.17 bits per heavy atom. The van der Waals surface area contributed by atoms with Gasteiger partial charge in [-0.05, 0) is 18.9 Å². The Morgan fingerprint density at radius 2 is 2.04 bits per heavy atom. The summed E-state index contributed by atoms with van der Waals surface area (Å²) in [6, 6.07) is 1.84. The molecule has 0 aliphatic carbocycles. The van der Waals surface area contributed by atoms with Crippen LogP contribution in [0.25, 0.3) is 0 Å². The lowest BCUT2D eigenvalue weighted by Gasteiger charge is -2.32. The molecule has 0 saturated carbocycles. The van der Waals surface area contributed by atoms with Crippen LogP contribution in [0.2, 0.25) is 0 Å². The van der Waals surface area contributed by atoms with Gasteiger partial charge in [-0.1, -0.05) is 0 Å². The lowest BCUT2D eigenvalue weighted by atomic mass is 9.97. The van der Waals surface area contributed by atoms with Crippen molar-refractivity contribution in [1.82, 2.24) is 34.3 Å². The van der Waals surface area contributed by atoms with Gasteiger partial charge < -0.3 is 14.0 Å². The molecule has 4 rings (SSSR count). The average Bonchev–Trinajstić information content (AvgIpc) is 3.27. The third-order valence-corrected chi connectivity index (χ3v) is 4.50. The minimum atomic E-state index is 0.344. The second-order valence-corrected chi connectivity index (χ2v) is 6.10. The molecule has 1 aliphatic rings. The van der Waals surface area contributed by atoms with Gasteiger partial charge in [0.2, 0.25) is 5.95 Å². The van der Waals surface area contributed by atoms with Crippen LogP contribution in [0, 0.1) is 0 Å². The fraction of sp³-hybridized carbons (Fsp3) is 0.438. The van der Waals surface area contributed by atoms with E-state index in [9.17, 15) is 0 Å². The Balaban J connectivity index is 1.52. The van der Waals surface area contributed by atoms with Gasteiger partial charge in [0.1, 0.15) is 5.82 Å². The first kappa shape index (κ1) is 14.8. The number of hydrogen-bond acceptors (Lipinski definition) is 6. The Hall–Kier alpha value is -2.77. The van der Waals surface area contributed by atoms with E-state index in [1.807, 2.05) is 23.9 Å². The molecule has 0 aromatic carbocycles. The number of aromatic nitrogens is 7. The van der Waals surface area contributed by atoms with E-state index in [0.29, 0.717) is 12.5 Å². The van der Waals surface area contributed by atoms with Crippen molar-refractivity contribution in [3.63, 3.8) is 0 Å². The molecular weight excluding hydrogens is 304 g/mol. The first-order chi connectivity index (χ1) is 11.8. The molecule has 1 fully saturated rings. The molecule has 0 N–H and O–H groups in total. The Morgan fingerprint density at radius 3 is 2.83 bits per heavy atom. The van der Waals surface area contributed by atoms with Crippen molar-refractivity contribution in [2.24, 2.45) is 7.05 Å². The van der Waals surface area contributed by atoms with Crippen LogP contribution in [-0.2, 0) is 13.6 Å². The quantitative estimate of drug-likeness (QED) is 0.718. The summed E-state index contributed by atoms with van der Waals surface area (Å²) in [4.78, 5) is 15.0. The topological polar surface area (TPSA) is 77.5 Å². The molecule has 1 saturated heterocycles. The van der Waals surface area contributed by atoms with Gasteiger partial charge in [-0.2, -0.15) is 0 Å². The van der Waals surface area contributed by atoms with Gasteiger partial charge in [0.15, 0.2) is 5.82 Å². The predicted molar refractivity (Wildman–Crippen MR) is 88.6 cm³/mol. The third-order valence-electron chi connectivity index (χ3n) is 4.50. The van der Waals surface area contributed by atoms with Gasteiger partial charge in [-0.15, -0.1) is 10.2 Å². The van der Waals surface area contributed by atoms with Crippen molar-refractivity contribution in [2.75, 3.05) is 18.0 Å². The standard InChI is InChI=1S/C16H20N8/c1-22-14(11-23-9-7-17-12-23)20-21-15(22)13-4-2-8-24(10-13)16-18-5-3-6-19-16/h3,5-7,9,12-13H,2,4,8,10-11H2,1H3/t13-/m0/s1. The smallest absolute Gasteiger partial charge is 0.225 e. The zero-order chi connectivity index (χ0) is 16.4. The van der Waals surface area contributed by atoms with Gasteiger partial charge in [0.05, 0.1) is 12.9 Å². The third kappa shape index (κ3) is 2.86. The van der Waals surface area contributed by atoms with Crippen LogP contribution >= 0.6 is 0 Å². The summed E-state index contributed by atoms with van der Waals surface area (Å²) in [5.41, 5.74) is 0. The largest absolute Gasteiger partial charge is 0.340 e. The molecule has 3 aromatic rings. The molecule has 0 amide bonds. The minimum Gasteiger partial charge on any atom is -0.340 e. The van der Waals surface area contributed by atoms with E-state index in [2.05, 4.69) is 34.6 Å². The van der Waals surface area contributed by atoms with Crippen LogP contribution < -0.4 is 4.90 Å². The van der Waals surface area contributed by atoms with Crippen LogP contribution in [-0.4, -0.2) is 47.4 Å². The zero-order valence-electron chi connectivity index (χ0n) is 13.7. The predicted octanol–water partition coefficient (Wildman–Crippen LogP) is 1.23. The van der Waals surface area contributed by atoms with Crippen molar-refractivity contribution < 1.29 is 0 Å². The molecule has 0 radical (unpaired) electrons. The van der Waals surface area contributed by atoms with Gasteiger partial charge in [0.25, 0.3) is 0 Å². The lowest BCUT2D eigenvalue weighted by molar-refractivity contribution is 0.473. The van der Waals surface area contributed by atoms with Crippen LogP contribution in [0.15, 0.2) is 37.2 Å². The zero-order valence-corrected chi connectivity index (χ0v) is 13.7. The van der Waals surface area contributed by atoms with Crippen molar-refractivity contribution in [3.8, 4) is 0 Å². The summed E-state index contributed by atoms with van der Waals surface area (Å²) in [6.45, 7) is 2.54. The lowest BCUT2D eigenvalue weighted by Crippen LogP contribution is -2.36.